The molecule has 0 heterocycles. The van der Waals surface area contributed by atoms with Crippen LogP contribution in [-0.2, 0) is 26.2 Å². The third kappa shape index (κ3) is 6.73. The number of anilines is 1. The number of aryl methyl sites for hydroxylation is 1. The molecular formula is C28H33N3O4S. The van der Waals surface area contributed by atoms with Gasteiger partial charge in [-0.05, 0) is 57.5 Å². The van der Waals surface area contributed by atoms with E-state index in [9.17, 15) is 18.0 Å². The average molecular weight is 508 g/mol. The molecule has 0 aliphatic rings. The van der Waals surface area contributed by atoms with Gasteiger partial charge in [0.25, 0.3) is 10.0 Å². The van der Waals surface area contributed by atoms with E-state index in [1.54, 1.807) is 49.4 Å². The number of hydrogen-bond donors (Lipinski definition) is 1. The second-order valence-corrected chi connectivity index (χ2v) is 10.9. The van der Waals surface area contributed by atoms with Crippen LogP contribution in [-0.4, -0.2) is 43.8 Å². The monoisotopic (exact) mass is 507 g/mol. The zero-order valence-corrected chi connectivity index (χ0v) is 21.9. The van der Waals surface area contributed by atoms with Gasteiger partial charge in [0.15, 0.2) is 0 Å². The Morgan fingerprint density at radius 1 is 0.833 bits per heavy atom. The van der Waals surface area contributed by atoms with E-state index in [1.165, 1.54) is 17.0 Å². The van der Waals surface area contributed by atoms with Crippen LogP contribution in [0, 0.1) is 6.92 Å². The van der Waals surface area contributed by atoms with Crippen LogP contribution in [0.5, 0.6) is 0 Å². The first-order chi connectivity index (χ1) is 17.1. The molecule has 3 aromatic carbocycles. The Morgan fingerprint density at radius 2 is 1.39 bits per heavy atom. The molecule has 2 amide bonds. The van der Waals surface area contributed by atoms with Gasteiger partial charge in [-0.15, -0.1) is 0 Å². The van der Waals surface area contributed by atoms with Crippen molar-refractivity contribution in [2.45, 2.75) is 51.2 Å². The average Bonchev–Trinajstić information content (AvgIpc) is 2.86. The maximum absolute atomic E-state index is 13.7. The fraction of sp³-hybridized carbons (Fsp3) is 0.286. The molecule has 0 aromatic heterocycles. The van der Waals surface area contributed by atoms with Crippen LogP contribution in [0.25, 0.3) is 0 Å². The van der Waals surface area contributed by atoms with E-state index in [-0.39, 0.29) is 23.4 Å². The number of nitrogens with zero attached hydrogens (tertiary/aromatic N) is 2. The van der Waals surface area contributed by atoms with Crippen molar-refractivity contribution in [3.8, 4) is 0 Å². The highest BCUT2D eigenvalue weighted by molar-refractivity contribution is 7.92. The summed E-state index contributed by atoms with van der Waals surface area (Å²) in [5.41, 5.74) is 2.17. The molecule has 0 saturated carbocycles. The summed E-state index contributed by atoms with van der Waals surface area (Å²) in [6, 6.07) is 23.4. The number of amides is 2. The minimum absolute atomic E-state index is 0.0820. The molecule has 0 radical (unpaired) electrons. The molecule has 0 fully saturated rings. The molecule has 1 unspecified atom stereocenters. The van der Waals surface area contributed by atoms with Gasteiger partial charge in [-0.1, -0.05) is 66.2 Å². The molecule has 0 saturated heterocycles. The predicted octanol–water partition coefficient (Wildman–Crippen LogP) is 4.13. The Morgan fingerprint density at radius 3 is 1.94 bits per heavy atom. The third-order valence-corrected chi connectivity index (χ3v) is 7.51. The van der Waals surface area contributed by atoms with Crippen molar-refractivity contribution in [3.63, 3.8) is 0 Å². The Hall–Kier alpha value is -3.65. The third-order valence-electron chi connectivity index (χ3n) is 5.73. The summed E-state index contributed by atoms with van der Waals surface area (Å²) in [4.78, 5) is 28.1. The summed E-state index contributed by atoms with van der Waals surface area (Å²) in [6.07, 6.45) is 0. The van der Waals surface area contributed by atoms with Crippen molar-refractivity contribution in [1.29, 1.82) is 0 Å². The molecule has 3 aromatic rings. The summed E-state index contributed by atoms with van der Waals surface area (Å²) in [5, 5.41) is 2.85. The number of hydrogen-bond acceptors (Lipinski definition) is 4. The first kappa shape index (κ1) is 26.9. The van der Waals surface area contributed by atoms with Gasteiger partial charge in [0, 0.05) is 12.6 Å². The Bertz CT molecular complexity index is 1260. The summed E-state index contributed by atoms with van der Waals surface area (Å²) in [5.74, 6) is -0.785. The molecule has 0 aliphatic heterocycles. The van der Waals surface area contributed by atoms with Crippen LogP contribution in [0.3, 0.4) is 0 Å². The van der Waals surface area contributed by atoms with Gasteiger partial charge in [-0.25, -0.2) is 8.42 Å². The van der Waals surface area contributed by atoms with Crippen LogP contribution in [0.1, 0.15) is 31.9 Å². The lowest BCUT2D eigenvalue weighted by Crippen LogP contribution is -2.52. The minimum atomic E-state index is -4.05. The van der Waals surface area contributed by atoms with Gasteiger partial charge in [-0.2, -0.15) is 0 Å². The number of carbonyl (C=O) groups is 2. The molecule has 1 atom stereocenters. The normalized spacial score (nSPS) is 12.1. The standard InChI is InChI=1S/C28H33N3O4S/c1-21(2)29-28(33)23(4)30(19-24-11-7-5-8-12-24)27(32)20-31(25-17-15-22(3)16-18-25)36(34,35)26-13-9-6-10-14-26/h5-18,21,23H,19-20H2,1-4H3,(H,29,33). The first-order valence-electron chi connectivity index (χ1n) is 11.9. The highest BCUT2D eigenvalue weighted by atomic mass is 32.2. The van der Waals surface area contributed by atoms with Crippen molar-refractivity contribution in [2.24, 2.45) is 0 Å². The van der Waals surface area contributed by atoms with Crippen molar-refractivity contribution in [3.05, 3.63) is 96.1 Å². The van der Waals surface area contributed by atoms with E-state index in [4.69, 9.17) is 0 Å². The van der Waals surface area contributed by atoms with Crippen LogP contribution >= 0.6 is 0 Å². The number of nitrogens with one attached hydrogen (secondary N) is 1. The lowest BCUT2D eigenvalue weighted by molar-refractivity contribution is -0.139. The fourth-order valence-electron chi connectivity index (χ4n) is 3.73. The predicted molar refractivity (Wildman–Crippen MR) is 142 cm³/mol. The van der Waals surface area contributed by atoms with Crippen molar-refractivity contribution < 1.29 is 18.0 Å². The fourth-order valence-corrected chi connectivity index (χ4v) is 5.16. The number of sulfonamides is 1. The molecule has 0 aliphatic carbocycles. The van der Waals surface area contributed by atoms with E-state index in [2.05, 4.69) is 5.32 Å². The van der Waals surface area contributed by atoms with Gasteiger partial charge in [-0.3, -0.25) is 13.9 Å². The first-order valence-corrected chi connectivity index (χ1v) is 13.3. The molecule has 1 N–H and O–H groups in total. The number of carbonyl (C=O) groups excluding carboxylic acids is 2. The maximum Gasteiger partial charge on any atom is 0.264 e. The lowest BCUT2D eigenvalue weighted by Gasteiger charge is -2.32. The van der Waals surface area contributed by atoms with Crippen LogP contribution in [0.15, 0.2) is 89.8 Å². The van der Waals surface area contributed by atoms with E-state index in [0.29, 0.717) is 5.69 Å². The molecular weight excluding hydrogens is 474 g/mol. The second kappa shape index (κ2) is 11.9. The SMILES string of the molecule is Cc1ccc(N(CC(=O)N(Cc2ccccc2)C(C)C(=O)NC(C)C)S(=O)(=O)c2ccccc2)cc1. The maximum atomic E-state index is 13.7. The molecule has 0 bridgehead atoms. The van der Waals surface area contributed by atoms with Gasteiger partial charge in [0.2, 0.25) is 11.8 Å². The quantitative estimate of drug-likeness (QED) is 0.447. The Balaban J connectivity index is 2.00. The van der Waals surface area contributed by atoms with E-state index < -0.39 is 28.5 Å². The van der Waals surface area contributed by atoms with Crippen LogP contribution in [0.4, 0.5) is 5.69 Å². The highest BCUT2D eigenvalue weighted by Gasteiger charge is 2.32. The largest absolute Gasteiger partial charge is 0.352 e. The molecule has 0 spiro atoms. The summed E-state index contributed by atoms with van der Waals surface area (Å²) < 4.78 is 28.4. The zero-order valence-electron chi connectivity index (χ0n) is 21.1. The van der Waals surface area contributed by atoms with Crippen molar-refractivity contribution >= 4 is 27.5 Å². The summed E-state index contributed by atoms with van der Waals surface area (Å²) >= 11 is 0. The zero-order chi connectivity index (χ0) is 26.3. The van der Waals surface area contributed by atoms with E-state index >= 15 is 0 Å². The van der Waals surface area contributed by atoms with Gasteiger partial charge in [0.1, 0.15) is 12.6 Å². The minimum Gasteiger partial charge on any atom is -0.352 e. The molecule has 3 rings (SSSR count). The van der Waals surface area contributed by atoms with Crippen molar-refractivity contribution in [2.75, 3.05) is 10.8 Å². The summed E-state index contributed by atoms with van der Waals surface area (Å²) in [7, 11) is -4.05. The molecule has 7 nitrogen and oxygen atoms in total. The summed E-state index contributed by atoms with van der Waals surface area (Å²) in [6.45, 7) is 6.97. The lowest BCUT2D eigenvalue weighted by atomic mass is 10.1. The van der Waals surface area contributed by atoms with Gasteiger partial charge < -0.3 is 10.2 Å². The van der Waals surface area contributed by atoms with Crippen molar-refractivity contribution in [1.82, 2.24) is 10.2 Å². The molecule has 190 valence electrons. The van der Waals surface area contributed by atoms with Gasteiger partial charge in [0.05, 0.1) is 10.6 Å². The van der Waals surface area contributed by atoms with E-state index in [0.717, 1.165) is 15.4 Å². The smallest absolute Gasteiger partial charge is 0.264 e. The van der Waals surface area contributed by atoms with Crippen LogP contribution < -0.4 is 9.62 Å². The Labute approximate surface area is 213 Å². The van der Waals surface area contributed by atoms with Crippen LogP contribution in [0.2, 0.25) is 0 Å². The van der Waals surface area contributed by atoms with Gasteiger partial charge >= 0.3 is 0 Å². The Kier molecular flexibility index (Phi) is 8.88. The second-order valence-electron chi connectivity index (χ2n) is 9.01. The highest BCUT2D eigenvalue weighted by Crippen LogP contribution is 2.25. The molecule has 8 heteroatoms. The van der Waals surface area contributed by atoms with E-state index in [1.807, 2.05) is 51.1 Å². The molecule has 36 heavy (non-hydrogen) atoms. The number of benzene rings is 3. The number of rotatable bonds is 10. The topological polar surface area (TPSA) is 86.8 Å².